The first-order valence-electron chi connectivity index (χ1n) is 5.60. The predicted octanol–water partition coefficient (Wildman–Crippen LogP) is 1.93. The quantitative estimate of drug-likeness (QED) is 0.622. The molecule has 0 radical (unpaired) electrons. The minimum atomic E-state index is -3.23. The Bertz CT molecular complexity index is 463. The summed E-state index contributed by atoms with van der Waals surface area (Å²) in [6.45, 7) is 8.28. The van der Waals surface area contributed by atoms with Crippen LogP contribution in [-0.4, -0.2) is 26.8 Å². The molecule has 0 aliphatic carbocycles. The predicted molar refractivity (Wildman–Crippen MR) is 70.9 cm³/mol. The van der Waals surface area contributed by atoms with Gasteiger partial charge in [0.2, 0.25) is 0 Å². The standard InChI is InChI=1S/C13H19NO2S/c1-4-9-14-10-12(3)17(15,16)13-7-5-11(2)6-8-13/h4-8,12,14H,1,9-10H2,2-3H3. The van der Waals surface area contributed by atoms with Crippen LogP contribution in [-0.2, 0) is 9.84 Å². The number of hydrogen-bond donors (Lipinski definition) is 1. The molecule has 0 bridgehead atoms. The third-order valence-electron chi connectivity index (χ3n) is 2.60. The number of sulfone groups is 1. The van der Waals surface area contributed by atoms with Gasteiger partial charge in [-0.1, -0.05) is 23.8 Å². The minimum Gasteiger partial charge on any atom is -0.312 e. The van der Waals surface area contributed by atoms with E-state index in [0.717, 1.165) is 5.56 Å². The van der Waals surface area contributed by atoms with Crippen LogP contribution in [0.4, 0.5) is 0 Å². The van der Waals surface area contributed by atoms with Gasteiger partial charge >= 0.3 is 0 Å². The summed E-state index contributed by atoms with van der Waals surface area (Å²) in [5.41, 5.74) is 1.06. The molecule has 1 N–H and O–H groups in total. The summed E-state index contributed by atoms with van der Waals surface area (Å²) in [5, 5.41) is 2.59. The lowest BCUT2D eigenvalue weighted by atomic mass is 10.2. The van der Waals surface area contributed by atoms with Crippen molar-refractivity contribution in [1.29, 1.82) is 0 Å². The fraction of sp³-hybridized carbons (Fsp3) is 0.385. The summed E-state index contributed by atoms with van der Waals surface area (Å²) in [5.74, 6) is 0. The van der Waals surface area contributed by atoms with Gasteiger partial charge in [0.15, 0.2) is 9.84 Å². The van der Waals surface area contributed by atoms with E-state index in [2.05, 4.69) is 11.9 Å². The van der Waals surface area contributed by atoms with Crippen LogP contribution in [0.15, 0.2) is 41.8 Å². The van der Waals surface area contributed by atoms with Gasteiger partial charge in [-0.3, -0.25) is 0 Å². The Morgan fingerprint density at radius 2 is 1.94 bits per heavy atom. The molecule has 0 aliphatic rings. The molecule has 0 saturated heterocycles. The summed E-state index contributed by atoms with van der Waals surface area (Å²) in [6.07, 6.45) is 1.71. The lowest BCUT2D eigenvalue weighted by Crippen LogP contribution is -2.31. The van der Waals surface area contributed by atoms with Crippen molar-refractivity contribution in [2.45, 2.75) is 24.0 Å². The van der Waals surface area contributed by atoms with Crippen LogP contribution in [0.5, 0.6) is 0 Å². The number of nitrogens with one attached hydrogen (secondary N) is 1. The van der Waals surface area contributed by atoms with Gasteiger partial charge in [-0.05, 0) is 26.0 Å². The molecule has 0 heterocycles. The zero-order valence-corrected chi connectivity index (χ0v) is 11.1. The van der Waals surface area contributed by atoms with E-state index < -0.39 is 15.1 Å². The summed E-state index contributed by atoms with van der Waals surface area (Å²) in [7, 11) is -3.23. The highest BCUT2D eigenvalue weighted by Gasteiger charge is 2.22. The Morgan fingerprint density at radius 1 is 1.35 bits per heavy atom. The monoisotopic (exact) mass is 253 g/mol. The van der Waals surface area contributed by atoms with Gasteiger partial charge in [0.25, 0.3) is 0 Å². The Labute approximate surface area is 103 Å². The molecule has 4 heteroatoms. The maximum atomic E-state index is 12.2. The highest BCUT2D eigenvalue weighted by molar-refractivity contribution is 7.92. The van der Waals surface area contributed by atoms with Crippen molar-refractivity contribution in [3.63, 3.8) is 0 Å². The third-order valence-corrected chi connectivity index (χ3v) is 4.76. The molecular weight excluding hydrogens is 234 g/mol. The Balaban J connectivity index is 2.80. The fourth-order valence-electron chi connectivity index (χ4n) is 1.46. The molecule has 1 atom stereocenters. The van der Waals surface area contributed by atoms with E-state index in [0.29, 0.717) is 18.0 Å². The van der Waals surface area contributed by atoms with Gasteiger partial charge in [0.1, 0.15) is 0 Å². The number of hydrogen-bond acceptors (Lipinski definition) is 3. The molecule has 0 saturated carbocycles. The SMILES string of the molecule is C=CCNCC(C)S(=O)(=O)c1ccc(C)cc1. The molecule has 0 aromatic heterocycles. The lowest BCUT2D eigenvalue weighted by Gasteiger charge is -2.13. The molecule has 1 aromatic carbocycles. The Morgan fingerprint density at radius 3 is 2.47 bits per heavy atom. The van der Waals surface area contributed by atoms with Crippen molar-refractivity contribution in [3.05, 3.63) is 42.5 Å². The van der Waals surface area contributed by atoms with Crippen LogP contribution < -0.4 is 5.32 Å². The van der Waals surface area contributed by atoms with Gasteiger partial charge in [0.05, 0.1) is 10.1 Å². The zero-order valence-electron chi connectivity index (χ0n) is 10.3. The molecule has 0 fully saturated rings. The fourth-order valence-corrected chi connectivity index (χ4v) is 2.78. The molecule has 1 rings (SSSR count). The largest absolute Gasteiger partial charge is 0.312 e. The summed E-state index contributed by atoms with van der Waals surface area (Å²) < 4.78 is 24.3. The number of benzene rings is 1. The molecule has 0 spiro atoms. The lowest BCUT2D eigenvalue weighted by molar-refractivity contribution is 0.576. The van der Waals surface area contributed by atoms with E-state index in [1.807, 2.05) is 19.1 Å². The van der Waals surface area contributed by atoms with E-state index in [-0.39, 0.29) is 0 Å². The first-order chi connectivity index (χ1) is 7.98. The average Bonchev–Trinajstić information content (AvgIpc) is 2.29. The van der Waals surface area contributed by atoms with E-state index in [1.54, 1.807) is 25.1 Å². The van der Waals surface area contributed by atoms with Crippen molar-refractivity contribution in [1.82, 2.24) is 5.32 Å². The molecule has 1 unspecified atom stereocenters. The second kappa shape index (κ2) is 5.98. The van der Waals surface area contributed by atoms with Crippen LogP contribution in [0, 0.1) is 6.92 Å². The van der Waals surface area contributed by atoms with Crippen molar-refractivity contribution < 1.29 is 8.42 Å². The second-order valence-electron chi connectivity index (χ2n) is 4.12. The van der Waals surface area contributed by atoms with Crippen LogP contribution in [0.2, 0.25) is 0 Å². The maximum absolute atomic E-state index is 12.2. The highest BCUT2D eigenvalue weighted by atomic mass is 32.2. The van der Waals surface area contributed by atoms with Gasteiger partial charge in [-0.25, -0.2) is 8.42 Å². The van der Waals surface area contributed by atoms with E-state index in [9.17, 15) is 8.42 Å². The molecule has 94 valence electrons. The topological polar surface area (TPSA) is 46.2 Å². The second-order valence-corrected chi connectivity index (χ2v) is 6.48. The normalized spacial score (nSPS) is 13.3. The minimum absolute atomic E-state index is 0.385. The van der Waals surface area contributed by atoms with Crippen molar-refractivity contribution in [2.75, 3.05) is 13.1 Å². The van der Waals surface area contributed by atoms with Crippen molar-refractivity contribution in [2.24, 2.45) is 0 Å². The van der Waals surface area contributed by atoms with Gasteiger partial charge in [-0.15, -0.1) is 6.58 Å². The van der Waals surface area contributed by atoms with Crippen LogP contribution in [0.1, 0.15) is 12.5 Å². The smallest absolute Gasteiger partial charge is 0.182 e. The number of rotatable bonds is 6. The molecule has 0 amide bonds. The number of aryl methyl sites for hydroxylation is 1. The van der Waals surface area contributed by atoms with Crippen LogP contribution in [0.25, 0.3) is 0 Å². The first-order valence-corrected chi connectivity index (χ1v) is 7.15. The van der Waals surface area contributed by atoms with Crippen LogP contribution in [0.3, 0.4) is 0 Å². The zero-order chi connectivity index (χ0) is 12.9. The highest BCUT2D eigenvalue weighted by Crippen LogP contribution is 2.16. The maximum Gasteiger partial charge on any atom is 0.182 e. The van der Waals surface area contributed by atoms with E-state index >= 15 is 0 Å². The molecule has 1 aromatic rings. The molecule has 0 aliphatic heterocycles. The summed E-state index contributed by atoms with van der Waals surface area (Å²) >= 11 is 0. The van der Waals surface area contributed by atoms with Crippen LogP contribution >= 0.6 is 0 Å². The van der Waals surface area contributed by atoms with Gasteiger partial charge < -0.3 is 5.32 Å². The summed E-state index contributed by atoms with van der Waals surface area (Å²) in [4.78, 5) is 0.385. The molecular formula is C13H19NO2S. The van der Waals surface area contributed by atoms with Crippen molar-refractivity contribution >= 4 is 9.84 Å². The van der Waals surface area contributed by atoms with E-state index in [1.165, 1.54) is 0 Å². The summed E-state index contributed by atoms with van der Waals surface area (Å²) in [6, 6.07) is 6.96. The molecule has 17 heavy (non-hydrogen) atoms. The third kappa shape index (κ3) is 3.68. The van der Waals surface area contributed by atoms with Crippen molar-refractivity contribution in [3.8, 4) is 0 Å². The average molecular weight is 253 g/mol. The first kappa shape index (κ1) is 13.9. The van der Waals surface area contributed by atoms with E-state index in [4.69, 9.17) is 0 Å². The Kier molecular flexibility index (Phi) is 4.90. The Hall–Kier alpha value is -1.13. The molecule has 3 nitrogen and oxygen atoms in total. The van der Waals surface area contributed by atoms with Gasteiger partial charge in [0, 0.05) is 13.1 Å². The van der Waals surface area contributed by atoms with Gasteiger partial charge in [-0.2, -0.15) is 0 Å².